The first kappa shape index (κ1) is 51.5. The van der Waals surface area contributed by atoms with Crippen molar-refractivity contribution in [3.8, 4) is 0 Å². The molecular formula is C44H83O8P. The van der Waals surface area contributed by atoms with Crippen LogP contribution in [0.1, 0.15) is 219 Å². The summed E-state index contributed by atoms with van der Waals surface area (Å²) in [5.41, 5.74) is 0. The summed E-state index contributed by atoms with van der Waals surface area (Å²) in [7, 11) is -3.20. The Hall–Kier alpha value is -1.47. The number of ether oxygens (including phenoxy) is 2. The number of hydrogen-bond donors (Lipinski definition) is 1. The van der Waals surface area contributed by atoms with Gasteiger partial charge in [-0.15, -0.1) is 0 Å². The number of phosphoric ester groups is 1. The summed E-state index contributed by atoms with van der Waals surface area (Å²) in [4.78, 5) is 34.5. The largest absolute Gasteiger partial charge is 0.472 e. The first-order valence-electron chi connectivity index (χ1n) is 22.0. The van der Waals surface area contributed by atoms with E-state index < -0.39 is 26.5 Å². The highest BCUT2D eigenvalue weighted by Gasteiger charge is 2.24. The van der Waals surface area contributed by atoms with E-state index in [1.165, 1.54) is 122 Å². The molecule has 0 aromatic carbocycles. The highest BCUT2D eigenvalue weighted by atomic mass is 31.2. The second kappa shape index (κ2) is 40.2. The number of phosphoric acid groups is 1. The van der Waals surface area contributed by atoms with Crippen LogP contribution in [0.3, 0.4) is 0 Å². The molecule has 0 spiro atoms. The van der Waals surface area contributed by atoms with Crippen molar-refractivity contribution in [3.63, 3.8) is 0 Å². The molecular weight excluding hydrogens is 687 g/mol. The van der Waals surface area contributed by atoms with Crippen LogP contribution in [-0.2, 0) is 32.7 Å². The fourth-order valence-corrected chi connectivity index (χ4v) is 6.72. The van der Waals surface area contributed by atoms with Crippen LogP contribution in [0.15, 0.2) is 24.3 Å². The molecule has 0 heterocycles. The van der Waals surface area contributed by atoms with E-state index >= 15 is 0 Å². The SMILES string of the molecule is CCCC/C=C\C/C=C\CCCCCCCC(=O)OC(COC(=O)CCCCCCCCCCCCCCCCCCCCCC)COP(=O)(O)OC. The average Bonchev–Trinajstić information content (AvgIpc) is 3.15. The van der Waals surface area contributed by atoms with Crippen LogP contribution in [-0.4, -0.2) is 43.3 Å². The maximum Gasteiger partial charge on any atom is 0.472 e. The van der Waals surface area contributed by atoms with E-state index in [9.17, 15) is 19.0 Å². The van der Waals surface area contributed by atoms with Crippen LogP contribution in [0.2, 0.25) is 0 Å². The van der Waals surface area contributed by atoms with Gasteiger partial charge in [-0.25, -0.2) is 4.57 Å². The number of esters is 2. The summed E-state index contributed by atoms with van der Waals surface area (Å²) < 4.78 is 32.0. The molecule has 9 heteroatoms. The number of carbonyl (C=O) groups is 2. The number of allylic oxidation sites excluding steroid dienone is 4. The maximum absolute atomic E-state index is 12.5. The second-order valence-electron chi connectivity index (χ2n) is 14.8. The number of carbonyl (C=O) groups excluding carboxylic acids is 2. The minimum Gasteiger partial charge on any atom is -0.462 e. The Kier molecular flexibility index (Phi) is 39.1. The van der Waals surface area contributed by atoms with Crippen LogP contribution >= 0.6 is 7.82 Å². The van der Waals surface area contributed by atoms with E-state index in [0.717, 1.165) is 71.3 Å². The van der Waals surface area contributed by atoms with E-state index in [-0.39, 0.29) is 19.0 Å². The van der Waals surface area contributed by atoms with Gasteiger partial charge in [0, 0.05) is 20.0 Å². The normalized spacial score (nSPS) is 13.5. The van der Waals surface area contributed by atoms with Gasteiger partial charge in [0.15, 0.2) is 6.10 Å². The molecule has 2 unspecified atom stereocenters. The Morgan fingerprint density at radius 2 is 0.925 bits per heavy atom. The van der Waals surface area contributed by atoms with Crippen LogP contribution in [0.5, 0.6) is 0 Å². The minimum absolute atomic E-state index is 0.227. The molecule has 0 rings (SSSR count). The number of unbranched alkanes of at least 4 members (excludes halogenated alkanes) is 26. The molecule has 0 aliphatic rings. The van der Waals surface area contributed by atoms with Gasteiger partial charge in [-0.05, 0) is 38.5 Å². The van der Waals surface area contributed by atoms with Crippen molar-refractivity contribution in [2.45, 2.75) is 225 Å². The highest BCUT2D eigenvalue weighted by molar-refractivity contribution is 7.47. The molecule has 0 aliphatic heterocycles. The smallest absolute Gasteiger partial charge is 0.462 e. The average molecular weight is 771 g/mol. The summed E-state index contributed by atoms with van der Waals surface area (Å²) in [5, 5.41) is 0. The van der Waals surface area contributed by atoms with Gasteiger partial charge in [0.25, 0.3) is 0 Å². The molecule has 0 saturated heterocycles. The Labute approximate surface area is 326 Å². The predicted octanol–water partition coefficient (Wildman–Crippen LogP) is 13.8. The van der Waals surface area contributed by atoms with Crippen molar-refractivity contribution in [1.82, 2.24) is 0 Å². The van der Waals surface area contributed by atoms with E-state index in [4.69, 9.17) is 14.0 Å². The standard InChI is InChI=1S/C44H83O8P/c1-4-6-8-10-12-14-16-18-20-21-22-23-24-25-27-28-30-32-34-36-38-43(45)50-40-42(41-51-53(47,48)49-3)52-44(46)39-37-35-33-31-29-26-19-17-15-13-11-9-7-5-2/h11,13,17,19,42H,4-10,12,14-16,18,20-41H2,1-3H3,(H,47,48)/b13-11-,19-17-. The zero-order valence-corrected chi connectivity index (χ0v) is 35.6. The van der Waals surface area contributed by atoms with E-state index in [1.54, 1.807) is 0 Å². The topological polar surface area (TPSA) is 108 Å². The van der Waals surface area contributed by atoms with Crippen molar-refractivity contribution in [2.75, 3.05) is 20.3 Å². The maximum atomic E-state index is 12.5. The third-order valence-corrected chi connectivity index (χ3v) is 10.6. The number of rotatable bonds is 41. The number of hydrogen-bond acceptors (Lipinski definition) is 7. The van der Waals surface area contributed by atoms with Gasteiger partial charge >= 0.3 is 19.8 Å². The van der Waals surface area contributed by atoms with Crippen molar-refractivity contribution in [2.24, 2.45) is 0 Å². The van der Waals surface area contributed by atoms with Crippen LogP contribution in [0.4, 0.5) is 0 Å². The molecule has 0 aromatic heterocycles. The van der Waals surface area contributed by atoms with Crippen molar-refractivity contribution >= 4 is 19.8 Å². The Balaban J connectivity index is 3.93. The van der Waals surface area contributed by atoms with Gasteiger partial charge in [0.1, 0.15) is 6.61 Å². The van der Waals surface area contributed by atoms with E-state index in [0.29, 0.717) is 12.8 Å². The molecule has 0 aliphatic carbocycles. The summed E-state index contributed by atoms with van der Waals surface area (Å²) in [6.45, 7) is 3.86. The molecule has 312 valence electrons. The summed E-state index contributed by atoms with van der Waals surface area (Å²) >= 11 is 0. The summed E-state index contributed by atoms with van der Waals surface area (Å²) in [6, 6.07) is 0. The molecule has 53 heavy (non-hydrogen) atoms. The first-order chi connectivity index (χ1) is 25.8. The predicted molar refractivity (Wildman–Crippen MR) is 221 cm³/mol. The lowest BCUT2D eigenvalue weighted by Gasteiger charge is -2.19. The summed E-state index contributed by atoms with van der Waals surface area (Å²) in [6.07, 6.45) is 45.2. The fraction of sp³-hybridized carbons (Fsp3) is 0.864. The first-order valence-corrected chi connectivity index (χ1v) is 23.5. The highest BCUT2D eigenvalue weighted by Crippen LogP contribution is 2.42. The third-order valence-electron chi connectivity index (χ3n) is 9.70. The molecule has 0 aromatic rings. The molecule has 0 bridgehead atoms. The van der Waals surface area contributed by atoms with Crippen molar-refractivity contribution in [1.29, 1.82) is 0 Å². The van der Waals surface area contributed by atoms with Crippen LogP contribution in [0.25, 0.3) is 0 Å². The zero-order chi connectivity index (χ0) is 38.9. The zero-order valence-electron chi connectivity index (χ0n) is 34.7. The molecule has 0 amide bonds. The molecule has 0 fully saturated rings. The molecule has 8 nitrogen and oxygen atoms in total. The van der Waals surface area contributed by atoms with Crippen LogP contribution in [0, 0.1) is 0 Å². The Morgan fingerprint density at radius 3 is 1.38 bits per heavy atom. The fourth-order valence-electron chi connectivity index (χ4n) is 6.26. The Bertz CT molecular complexity index is 921. The van der Waals surface area contributed by atoms with Gasteiger partial charge in [-0.3, -0.25) is 18.6 Å². The van der Waals surface area contributed by atoms with Crippen LogP contribution < -0.4 is 0 Å². The minimum atomic E-state index is -4.26. The summed E-state index contributed by atoms with van der Waals surface area (Å²) in [5.74, 6) is -0.811. The van der Waals surface area contributed by atoms with Crippen molar-refractivity contribution in [3.05, 3.63) is 24.3 Å². The lowest BCUT2D eigenvalue weighted by atomic mass is 10.0. The van der Waals surface area contributed by atoms with Gasteiger partial charge in [0.2, 0.25) is 0 Å². The van der Waals surface area contributed by atoms with Crippen molar-refractivity contribution < 1.29 is 37.6 Å². The lowest BCUT2D eigenvalue weighted by Crippen LogP contribution is -2.29. The Morgan fingerprint density at radius 1 is 0.528 bits per heavy atom. The molecule has 2 atom stereocenters. The van der Waals surface area contributed by atoms with Gasteiger partial charge in [-0.2, -0.15) is 0 Å². The van der Waals surface area contributed by atoms with Gasteiger partial charge in [0.05, 0.1) is 6.61 Å². The van der Waals surface area contributed by atoms with Gasteiger partial charge < -0.3 is 14.4 Å². The molecule has 1 N–H and O–H groups in total. The lowest BCUT2D eigenvalue weighted by molar-refractivity contribution is -0.161. The third kappa shape index (κ3) is 40.0. The quantitative estimate of drug-likeness (QED) is 0.0283. The van der Waals surface area contributed by atoms with E-state index in [1.807, 2.05) is 0 Å². The molecule has 0 saturated carbocycles. The van der Waals surface area contributed by atoms with Gasteiger partial charge in [-0.1, -0.05) is 192 Å². The van der Waals surface area contributed by atoms with E-state index in [2.05, 4.69) is 42.7 Å². The molecule has 0 radical (unpaired) electrons. The second-order valence-corrected chi connectivity index (χ2v) is 16.4. The monoisotopic (exact) mass is 771 g/mol.